The Morgan fingerprint density at radius 2 is 0.831 bits per heavy atom. The Balaban J connectivity index is 3.50. The molecular weight excluding hydrogens is 1000 g/mol. The monoisotopic (exact) mass is 1090 g/mol. The molecule has 10 atom stereocenters. The first-order chi connectivity index (χ1) is 36.1. The third kappa shape index (κ3) is 27.6. The van der Waals surface area contributed by atoms with Crippen molar-refractivity contribution in [3.8, 4) is 0 Å². The fourth-order valence-corrected chi connectivity index (χ4v) is 8.17. The summed E-state index contributed by atoms with van der Waals surface area (Å²) in [7, 11) is 0. The van der Waals surface area contributed by atoms with Crippen LogP contribution >= 0.6 is 0 Å². The van der Waals surface area contributed by atoms with Gasteiger partial charge in [0, 0.05) is 24.7 Å². The lowest BCUT2D eigenvalue weighted by Gasteiger charge is -2.29. The number of nitrogens with zero attached hydrogens (tertiary/aromatic N) is 1. The van der Waals surface area contributed by atoms with E-state index in [4.69, 9.17) is 22.9 Å². The van der Waals surface area contributed by atoms with Crippen LogP contribution in [-0.4, -0.2) is 153 Å². The van der Waals surface area contributed by atoms with Crippen LogP contribution in [0.4, 0.5) is 0 Å². The number of primary amides is 1. The first kappa shape index (κ1) is 68.8. The second-order valence-corrected chi connectivity index (χ2v) is 21.5. The fourth-order valence-electron chi connectivity index (χ4n) is 8.17. The summed E-state index contributed by atoms with van der Waals surface area (Å²) in [6.45, 7) is 16.1. The summed E-state index contributed by atoms with van der Waals surface area (Å²) in [5.74, 6) is -9.25. The number of nitrogens with two attached hydrogens (primary N) is 4. The van der Waals surface area contributed by atoms with E-state index in [0.29, 0.717) is 44.5 Å². The molecule has 1 heterocycles. The summed E-state index contributed by atoms with van der Waals surface area (Å²) in [5, 5.41) is 40.6. The van der Waals surface area contributed by atoms with Gasteiger partial charge in [0.25, 0.3) is 0 Å². The molecule has 0 aromatic carbocycles. The van der Waals surface area contributed by atoms with Gasteiger partial charge in [-0.2, -0.15) is 0 Å². The summed E-state index contributed by atoms with van der Waals surface area (Å²) in [5.41, 5.74) is 23.7. The smallest absolute Gasteiger partial charge is 0.328 e. The molecule has 26 nitrogen and oxygen atoms in total. The number of hydrogen-bond donors (Lipinski definition) is 15. The van der Waals surface area contributed by atoms with Crippen molar-refractivity contribution in [3.05, 3.63) is 18.2 Å². The molecule has 1 aromatic rings. The van der Waals surface area contributed by atoms with Gasteiger partial charge in [0.2, 0.25) is 53.2 Å². The number of nitrogens with one attached hydrogen (secondary N) is 9. The minimum Gasteiger partial charge on any atom is -0.480 e. The number of carbonyl (C=O) groups excluding carboxylic acids is 9. The number of aliphatic hydroxyl groups excluding tert-OH is 1. The number of aromatic amines is 1. The zero-order valence-electron chi connectivity index (χ0n) is 46.6. The van der Waals surface area contributed by atoms with Crippen molar-refractivity contribution in [2.75, 3.05) is 13.1 Å². The molecule has 438 valence electrons. The predicted octanol–water partition coefficient (Wildman–Crippen LogP) is -1.67. The molecule has 0 fully saturated rings. The summed E-state index contributed by atoms with van der Waals surface area (Å²) in [4.78, 5) is 142. The third-order valence-electron chi connectivity index (χ3n) is 12.2. The molecule has 0 spiro atoms. The molecule has 0 radical (unpaired) electrons. The average molecular weight is 1090 g/mol. The topological polar surface area (TPSA) is 440 Å². The highest BCUT2D eigenvalue weighted by molar-refractivity contribution is 5.98. The maximum absolute atomic E-state index is 14.3. The van der Waals surface area contributed by atoms with Crippen LogP contribution in [0.15, 0.2) is 12.5 Å². The zero-order valence-corrected chi connectivity index (χ0v) is 46.6. The molecule has 0 unspecified atom stereocenters. The number of H-pyrrole nitrogens is 1. The number of rotatable bonds is 39. The van der Waals surface area contributed by atoms with Crippen LogP contribution in [0.2, 0.25) is 0 Å². The fraction of sp³-hybridized carbons (Fsp3) is 0.745. The van der Waals surface area contributed by atoms with Gasteiger partial charge in [-0.25, -0.2) is 9.78 Å². The molecule has 1 rings (SSSR count). The lowest BCUT2D eigenvalue weighted by Crippen LogP contribution is -2.61. The minimum absolute atomic E-state index is 0.0377. The maximum Gasteiger partial charge on any atom is 0.328 e. The zero-order chi connectivity index (χ0) is 58.5. The lowest BCUT2D eigenvalue weighted by atomic mass is 9.98. The van der Waals surface area contributed by atoms with Crippen LogP contribution in [0.1, 0.15) is 145 Å². The molecule has 19 N–H and O–H groups in total. The number of imidazole rings is 1. The van der Waals surface area contributed by atoms with E-state index in [1.165, 1.54) is 19.4 Å². The van der Waals surface area contributed by atoms with Crippen LogP contribution in [0, 0.1) is 23.7 Å². The van der Waals surface area contributed by atoms with E-state index in [2.05, 4.69) is 52.5 Å². The molecule has 0 saturated carbocycles. The summed E-state index contributed by atoms with van der Waals surface area (Å²) < 4.78 is 0. The normalized spacial score (nSPS) is 15.4. The van der Waals surface area contributed by atoms with Crippen LogP contribution < -0.4 is 65.5 Å². The minimum atomic E-state index is -1.68. The number of hydrogen-bond acceptors (Lipinski definition) is 15. The van der Waals surface area contributed by atoms with Crippen molar-refractivity contribution in [2.24, 2.45) is 46.6 Å². The number of carboxylic acid groups (broad SMARTS) is 1. The second kappa shape index (κ2) is 36.0. The van der Waals surface area contributed by atoms with Gasteiger partial charge in [0.15, 0.2) is 6.04 Å². The van der Waals surface area contributed by atoms with Gasteiger partial charge in [0.1, 0.15) is 42.3 Å². The Morgan fingerprint density at radius 3 is 1.13 bits per heavy atom. The number of aliphatic carboxylic acids is 1. The SMILES string of the molecule is CC(C)C[C@H](NC(=O)[C@H](CC(C)C)NC(=O)[C@H](CCCCN)NC(=O)[C@H](CCCCN)NC(=O)[C@@H](N)Cc1cnc[nH]1)C(=O)N[C@@H](CCC(N)=O)C(=O)N[C@@H](CC(C)C)C(=O)N[C@@H](CC(C)C)C(=O)N[C@H](C(=O)O)[C@@H](C)O. The van der Waals surface area contributed by atoms with E-state index in [1.807, 2.05) is 13.8 Å². The van der Waals surface area contributed by atoms with E-state index in [-0.39, 0.29) is 81.5 Å². The highest BCUT2D eigenvalue weighted by Gasteiger charge is 2.36. The summed E-state index contributed by atoms with van der Waals surface area (Å²) in [6, 6.07) is -11.6. The van der Waals surface area contributed by atoms with E-state index in [1.54, 1.807) is 41.5 Å². The average Bonchev–Trinajstić information content (AvgIpc) is 3.84. The van der Waals surface area contributed by atoms with E-state index in [0.717, 1.165) is 0 Å². The Bertz CT molecular complexity index is 2040. The van der Waals surface area contributed by atoms with Gasteiger partial charge < -0.3 is 80.7 Å². The highest BCUT2D eigenvalue weighted by Crippen LogP contribution is 2.14. The van der Waals surface area contributed by atoms with Crippen LogP contribution in [-0.2, 0) is 54.4 Å². The number of amides is 9. The lowest BCUT2D eigenvalue weighted by molar-refractivity contribution is -0.145. The maximum atomic E-state index is 14.3. The Kier molecular flexibility index (Phi) is 32.1. The van der Waals surface area contributed by atoms with Crippen molar-refractivity contribution in [3.63, 3.8) is 0 Å². The first-order valence-corrected chi connectivity index (χ1v) is 26.8. The third-order valence-corrected chi connectivity index (χ3v) is 12.2. The van der Waals surface area contributed by atoms with Crippen LogP contribution in [0.3, 0.4) is 0 Å². The van der Waals surface area contributed by atoms with E-state index < -0.39 is 120 Å². The quantitative estimate of drug-likeness (QED) is 0.0328. The van der Waals surface area contributed by atoms with Crippen molar-refractivity contribution in [1.29, 1.82) is 0 Å². The Hall–Kier alpha value is -6.25. The molecule has 0 aliphatic carbocycles. The molecule has 0 aliphatic rings. The standard InChI is InChI=1S/C51H92N14O12/c1-27(2)20-37(47(72)60-36(16-17-41(55)67)46(71)62-39(22-29(5)6)49(74)64-40(23-30(7)8)50(75)65-42(31(9)66)51(76)77)63-48(73)38(21-28(3)4)61-45(70)35(15-11-13-19-53)59-44(69)34(14-10-12-18-52)58-43(68)33(54)24-32-25-56-26-57-32/h25-31,33-40,42,66H,10-24,52-54H2,1-9H3,(H2,55,67)(H,56,57)(H,58,68)(H,59,69)(H,60,72)(H,61,70)(H,62,71)(H,63,73)(H,64,74)(H,65,75)(H,76,77)/t31-,33+,34+,35+,36+,37+,38+,39+,40+,42+/m1/s1. The summed E-state index contributed by atoms with van der Waals surface area (Å²) in [6.07, 6.45) is 3.38. The molecule has 77 heavy (non-hydrogen) atoms. The highest BCUT2D eigenvalue weighted by atomic mass is 16.4. The number of unbranched alkanes of at least 4 members (excludes halogenated alkanes) is 2. The van der Waals surface area contributed by atoms with Gasteiger partial charge in [-0.1, -0.05) is 55.4 Å². The molecule has 0 aliphatic heterocycles. The summed E-state index contributed by atoms with van der Waals surface area (Å²) >= 11 is 0. The molecule has 26 heteroatoms. The van der Waals surface area contributed by atoms with Crippen molar-refractivity contribution >= 4 is 59.1 Å². The Morgan fingerprint density at radius 1 is 0.506 bits per heavy atom. The van der Waals surface area contributed by atoms with Crippen LogP contribution in [0.25, 0.3) is 0 Å². The van der Waals surface area contributed by atoms with Gasteiger partial charge in [-0.15, -0.1) is 0 Å². The number of carboxylic acids is 1. The predicted molar refractivity (Wildman–Crippen MR) is 287 cm³/mol. The van der Waals surface area contributed by atoms with Crippen LogP contribution in [0.5, 0.6) is 0 Å². The van der Waals surface area contributed by atoms with Gasteiger partial charge in [-0.3, -0.25) is 43.2 Å². The van der Waals surface area contributed by atoms with E-state index in [9.17, 15) is 58.2 Å². The van der Waals surface area contributed by atoms with Gasteiger partial charge >= 0.3 is 5.97 Å². The number of aliphatic hydroxyl groups is 1. The first-order valence-electron chi connectivity index (χ1n) is 26.8. The van der Waals surface area contributed by atoms with E-state index >= 15 is 0 Å². The molecule has 9 amide bonds. The van der Waals surface area contributed by atoms with Crippen molar-refractivity contribution in [2.45, 2.75) is 206 Å². The molecular formula is C51H92N14O12. The molecule has 1 aromatic heterocycles. The molecule has 0 bridgehead atoms. The van der Waals surface area contributed by atoms with Gasteiger partial charge in [0.05, 0.1) is 18.5 Å². The van der Waals surface area contributed by atoms with Gasteiger partial charge in [-0.05, 0) is 114 Å². The second-order valence-electron chi connectivity index (χ2n) is 21.5. The largest absolute Gasteiger partial charge is 0.480 e. The number of carbonyl (C=O) groups is 10. The van der Waals surface area contributed by atoms with Crippen molar-refractivity contribution in [1.82, 2.24) is 52.5 Å². The molecule has 0 saturated heterocycles. The number of aromatic nitrogens is 2. The Labute approximate surface area is 452 Å². The van der Waals surface area contributed by atoms with Crippen molar-refractivity contribution < 1.29 is 58.2 Å².